The van der Waals surface area contributed by atoms with Gasteiger partial charge in [-0.2, -0.15) is 0 Å². The maximum atomic E-state index is 6.39. The number of rotatable bonds is 5. The number of nitrogens with zero attached hydrogens (tertiary/aromatic N) is 1. The zero-order chi connectivity index (χ0) is 18.7. The Bertz CT molecular complexity index is 814. The molecule has 2 heterocycles. The van der Waals surface area contributed by atoms with Gasteiger partial charge in [-0.15, -0.1) is 11.8 Å². The van der Waals surface area contributed by atoms with E-state index >= 15 is 0 Å². The molecular weight excluding hydrogens is 352 g/mol. The minimum Gasteiger partial charge on any atom is -0.399 e. The van der Waals surface area contributed by atoms with Crippen molar-refractivity contribution in [2.24, 2.45) is 5.41 Å². The van der Waals surface area contributed by atoms with Crippen molar-refractivity contribution in [1.29, 1.82) is 0 Å². The summed E-state index contributed by atoms with van der Waals surface area (Å²) in [5.74, 6) is 1.08. The minimum absolute atomic E-state index is 0.0469. The van der Waals surface area contributed by atoms with E-state index in [-0.39, 0.29) is 5.41 Å². The van der Waals surface area contributed by atoms with Crippen LogP contribution in [0.3, 0.4) is 0 Å². The molecule has 2 aromatic carbocycles. The van der Waals surface area contributed by atoms with Crippen LogP contribution in [0.4, 0.5) is 11.4 Å². The summed E-state index contributed by atoms with van der Waals surface area (Å²) < 4.78 is 0. The van der Waals surface area contributed by atoms with Crippen molar-refractivity contribution >= 4 is 28.7 Å². The molecule has 1 unspecified atom stereocenters. The van der Waals surface area contributed by atoms with E-state index in [1.807, 2.05) is 30.0 Å². The van der Waals surface area contributed by atoms with Crippen molar-refractivity contribution in [2.75, 3.05) is 49.9 Å². The van der Waals surface area contributed by atoms with E-state index in [9.17, 15) is 0 Å². The van der Waals surface area contributed by atoms with Crippen molar-refractivity contribution in [3.05, 3.63) is 65.1 Å². The third kappa shape index (κ3) is 4.00. The fraction of sp³-hybridized carbons (Fsp3) is 0.364. The van der Waals surface area contributed by atoms with Crippen molar-refractivity contribution < 1.29 is 0 Å². The molecule has 27 heavy (non-hydrogen) atoms. The Morgan fingerprint density at radius 2 is 1.81 bits per heavy atom. The number of hydrogen-bond acceptors (Lipinski definition) is 5. The molecule has 0 aromatic heterocycles. The lowest BCUT2D eigenvalue weighted by atomic mass is 9.73. The van der Waals surface area contributed by atoms with Gasteiger partial charge in [0.2, 0.25) is 0 Å². The van der Waals surface area contributed by atoms with Gasteiger partial charge in [0.05, 0.1) is 0 Å². The highest BCUT2D eigenvalue weighted by atomic mass is 32.2. The zero-order valence-electron chi connectivity index (χ0n) is 15.7. The normalized spacial score (nSPS) is 23.3. The summed E-state index contributed by atoms with van der Waals surface area (Å²) in [5.41, 5.74) is 18.0. The second-order valence-corrected chi connectivity index (χ2v) is 8.52. The van der Waals surface area contributed by atoms with Crippen LogP contribution in [0, 0.1) is 5.41 Å². The number of nitrogens with two attached hydrogens (primary N) is 2. The fourth-order valence-electron chi connectivity index (χ4n) is 4.26. The summed E-state index contributed by atoms with van der Waals surface area (Å²) in [6, 6.07) is 16.7. The van der Waals surface area contributed by atoms with Gasteiger partial charge >= 0.3 is 0 Å². The van der Waals surface area contributed by atoms with Crippen molar-refractivity contribution in [1.82, 2.24) is 10.2 Å². The Kier molecular flexibility index (Phi) is 5.43. The van der Waals surface area contributed by atoms with Crippen LogP contribution in [0.1, 0.15) is 11.1 Å². The van der Waals surface area contributed by atoms with E-state index < -0.39 is 0 Å². The molecule has 4 rings (SSSR count). The van der Waals surface area contributed by atoms with E-state index in [1.165, 1.54) is 11.1 Å². The average Bonchev–Trinajstić information content (AvgIpc) is 3.08. The van der Waals surface area contributed by atoms with Gasteiger partial charge in [0.15, 0.2) is 0 Å². The largest absolute Gasteiger partial charge is 0.399 e. The Morgan fingerprint density at radius 3 is 2.59 bits per heavy atom. The summed E-state index contributed by atoms with van der Waals surface area (Å²) in [6.07, 6.45) is 1.02. The fourth-order valence-corrected chi connectivity index (χ4v) is 5.56. The number of benzene rings is 2. The van der Waals surface area contributed by atoms with Crippen molar-refractivity contribution in [3.8, 4) is 0 Å². The molecule has 0 bridgehead atoms. The van der Waals surface area contributed by atoms with Crippen molar-refractivity contribution in [3.63, 3.8) is 0 Å². The van der Waals surface area contributed by atoms with Crippen LogP contribution >= 0.6 is 11.8 Å². The summed E-state index contributed by atoms with van der Waals surface area (Å²) in [7, 11) is 0. The minimum atomic E-state index is 0.0469. The lowest BCUT2D eigenvalue weighted by Gasteiger charge is -2.39. The van der Waals surface area contributed by atoms with E-state index in [0.29, 0.717) is 0 Å². The molecule has 4 nitrogen and oxygen atoms in total. The Hall–Kier alpha value is -1.95. The molecule has 0 saturated carbocycles. The first kappa shape index (κ1) is 18.4. The third-order valence-corrected chi connectivity index (χ3v) is 6.74. The predicted octanol–water partition coefficient (Wildman–Crippen LogP) is 3.07. The topological polar surface area (TPSA) is 67.3 Å². The van der Waals surface area contributed by atoms with Crippen molar-refractivity contribution in [2.45, 2.75) is 6.42 Å². The number of thioether (sulfide) groups is 1. The number of piperazine rings is 1. The number of nitrogens with one attached hydrogen (secondary N) is 1. The van der Waals surface area contributed by atoms with E-state index in [2.05, 4.69) is 46.0 Å². The average molecular weight is 381 g/mol. The zero-order valence-corrected chi connectivity index (χ0v) is 16.5. The summed E-state index contributed by atoms with van der Waals surface area (Å²) in [6.45, 7) is 5.38. The smallest absolute Gasteiger partial charge is 0.0392 e. The second-order valence-electron chi connectivity index (χ2n) is 7.66. The standard InChI is InChI=1S/C22H28N4S/c23-18-6-7-21(24)19(12-18)20-14-27-16-22(20,13-17-4-2-1-3-5-17)15-26-10-8-25-9-11-26/h1-7,12,14,25H,8-11,13,15-16,23-24H2. The van der Waals surface area contributed by atoms with Crippen LogP contribution in [0.15, 0.2) is 53.9 Å². The second kappa shape index (κ2) is 7.97. The maximum absolute atomic E-state index is 6.39. The SMILES string of the molecule is Nc1ccc(N)c(C2=CSCC2(Cc2ccccc2)CN2CCNCC2)c1. The maximum Gasteiger partial charge on any atom is 0.0392 e. The monoisotopic (exact) mass is 380 g/mol. The lowest BCUT2D eigenvalue weighted by molar-refractivity contribution is 0.186. The molecule has 1 fully saturated rings. The Labute approximate surface area is 166 Å². The van der Waals surface area contributed by atoms with Crippen LogP contribution in [-0.4, -0.2) is 43.4 Å². The van der Waals surface area contributed by atoms with Crippen LogP contribution in [0.2, 0.25) is 0 Å². The van der Waals surface area contributed by atoms with Gasteiger partial charge in [-0.25, -0.2) is 0 Å². The first-order valence-electron chi connectivity index (χ1n) is 9.61. The molecule has 5 heteroatoms. The number of nitrogen functional groups attached to an aromatic ring is 2. The van der Waals surface area contributed by atoms with Gasteiger partial charge < -0.3 is 16.8 Å². The van der Waals surface area contributed by atoms with Gasteiger partial charge in [-0.1, -0.05) is 30.3 Å². The van der Waals surface area contributed by atoms with Crippen LogP contribution < -0.4 is 16.8 Å². The van der Waals surface area contributed by atoms with Gasteiger partial charge in [-0.05, 0) is 41.2 Å². The highest BCUT2D eigenvalue weighted by Gasteiger charge is 2.41. The van der Waals surface area contributed by atoms with E-state index in [0.717, 1.165) is 61.8 Å². The number of hydrogen-bond donors (Lipinski definition) is 3. The highest BCUT2D eigenvalue weighted by Crippen LogP contribution is 2.49. The van der Waals surface area contributed by atoms with Gasteiger partial charge in [0, 0.05) is 60.8 Å². The Balaban J connectivity index is 1.72. The molecule has 1 saturated heterocycles. The molecule has 2 aromatic rings. The first-order valence-corrected chi connectivity index (χ1v) is 10.7. The summed E-state index contributed by atoms with van der Waals surface area (Å²) in [5, 5.41) is 5.78. The van der Waals surface area contributed by atoms with Gasteiger partial charge in [0.1, 0.15) is 0 Å². The summed E-state index contributed by atoms with van der Waals surface area (Å²) in [4.78, 5) is 2.60. The molecule has 1 atom stereocenters. The molecule has 0 amide bonds. The van der Waals surface area contributed by atoms with Crippen LogP contribution in [0.5, 0.6) is 0 Å². The molecule has 2 aliphatic heterocycles. The molecule has 142 valence electrons. The highest BCUT2D eigenvalue weighted by molar-refractivity contribution is 8.02. The van der Waals surface area contributed by atoms with Gasteiger partial charge in [0.25, 0.3) is 0 Å². The molecule has 5 N–H and O–H groups in total. The lowest BCUT2D eigenvalue weighted by Crippen LogP contribution is -2.49. The number of anilines is 2. The molecule has 0 radical (unpaired) electrons. The molecule has 0 aliphatic carbocycles. The predicted molar refractivity (Wildman–Crippen MR) is 118 cm³/mol. The van der Waals surface area contributed by atoms with Crippen LogP contribution in [-0.2, 0) is 6.42 Å². The summed E-state index contributed by atoms with van der Waals surface area (Å²) >= 11 is 1.91. The quantitative estimate of drug-likeness (QED) is 0.696. The molecule has 0 spiro atoms. The van der Waals surface area contributed by atoms with Gasteiger partial charge in [-0.3, -0.25) is 4.90 Å². The van der Waals surface area contributed by atoms with Crippen LogP contribution in [0.25, 0.3) is 5.57 Å². The first-order chi connectivity index (χ1) is 13.2. The van der Waals surface area contributed by atoms with E-state index in [4.69, 9.17) is 11.5 Å². The third-order valence-electron chi connectivity index (χ3n) is 5.62. The Morgan fingerprint density at radius 1 is 1.04 bits per heavy atom. The molecular formula is C22H28N4S. The van der Waals surface area contributed by atoms with E-state index in [1.54, 1.807) is 0 Å². The molecule has 2 aliphatic rings.